The summed E-state index contributed by atoms with van der Waals surface area (Å²) in [6.07, 6.45) is 2.44. The van der Waals surface area contributed by atoms with E-state index >= 15 is 0 Å². The molecule has 1 atom stereocenters. The van der Waals surface area contributed by atoms with Crippen LogP contribution >= 0.6 is 22.9 Å². The normalized spacial score (nSPS) is 16.6. The number of halogens is 1. The Balaban J connectivity index is 1.66. The highest BCUT2D eigenvalue weighted by atomic mass is 35.5. The van der Waals surface area contributed by atoms with Crippen LogP contribution in [0.15, 0.2) is 36.4 Å². The van der Waals surface area contributed by atoms with Crippen LogP contribution in [0.2, 0.25) is 5.02 Å². The number of carbonyl (C=O) groups is 1. The Bertz CT molecular complexity index is 1010. The lowest BCUT2D eigenvalue weighted by Gasteiger charge is -2.23. The molecule has 1 amide bonds. The van der Waals surface area contributed by atoms with Crippen molar-refractivity contribution in [3.05, 3.63) is 58.1 Å². The van der Waals surface area contributed by atoms with Crippen molar-refractivity contribution < 1.29 is 9.53 Å². The molecule has 0 aliphatic carbocycles. The smallest absolute Gasteiger partial charge is 0.233 e. The van der Waals surface area contributed by atoms with Gasteiger partial charge in [0.1, 0.15) is 0 Å². The molecule has 0 radical (unpaired) electrons. The number of ether oxygens (including phenoxy) is 1. The number of hydrogen-bond donors (Lipinski definition) is 0. The van der Waals surface area contributed by atoms with Crippen LogP contribution < -0.4 is 4.90 Å². The van der Waals surface area contributed by atoms with Crippen molar-refractivity contribution in [3.63, 3.8) is 0 Å². The first kappa shape index (κ1) is 19.4. The molecule has 1 aliphatic rings. The number of thiazole rings is 1. The Morgan fingerprint density at radius 3 is 2.93 bits per heavy atom. The van der Waals surface area contributed by atoms with Gasteiger partial charge in [0.05, 0.1) is 29.3 Å². The van der Waals surface area contributed by atoms with E-state index in [1.807, 2.05) is 44.2 Å². The second-order valence-electron chi connectivity index (χ2n) is 7.37. The topological polar surface area (TPSA) is 42.4 Å². The number of anilines is 1. The highest BCUT2D eigenvalue weighted by Crippen LogP contribution is 2.34. The van der Waals surface area contributed by atoms with Crippen molar-refractivity contribution in [2.45, 2.75) is 39.2 Å². The molecular formula is C22H23ClN2O2S. The number of amides is 1. The summed E-state index contributed by atoms with van der Waals surface area (Å²) in [4.78, 5) is 19.8. The molecule has 1 aromatic heterocycles. The van der Waals surface area contributed by atoms with Crippen molar-refractivity contribution in [2.24, 2.45) is 0 Å². The summed E-state index contributed by atoms with van der Waals surface area (Å²) in [6.45, 7) is 5.34. The molecule has 0 saturated carbocycles. The first-order valence-electron chi connectivity index (χ1n) is 9.54. The molecule has 3 aromatic rings. The van der Waals surface area contributed by atoms with Crippen molar-refractivity contribution in [2.75, 3.05) is 18.1 Å². The lowest BCUT2D eigenvalue weighted by Crippen LogP contribution is -2.38. The number of benzene rings is 2. The van der Waals surface area contributed by atoms with Crippen molar-refractivity contribution in [1.82, 2.24) is 4.98 Å². The van der Waals surface area contributed by atoms with E-state index in [1.54, 1.807) is 4.90 Å². The minimum absolute atomic E-state index is 0.0453. The predicted molar refractivity (Wildman–Crippen MR) is 116 cm³/mol. The first-order valence-corrected chi connectivity index (χ1v) is 10.7. The number of aromatic nitrogens is 1. The number of rotatable bonds is 5. The average Bonchev–Trinajstić information content (AvgIpc) is 3.29. The monoisotopic (exact) mass is 414 g/mol. The third kappa shape index (κ3) is 4.22. The summed E-state index contributed by atoms with van der Waals surface area (Å²) in [7, 11) is 0. The Morgan fingerprint density at radius 2 is 2.18 bits per heavy atom. The Morgan fingerprint density at radius 1 is 1.32 bits per heavy atom. The number of aryl methyl sites for hydroxylation is 2. The Hall–Kier alpha value is -1.95. The fourth-order valence-electron chi connectivity index (χ4n) is 3.63. The molecule has 1 fully saturated rings. The minimum atomic E-state index is 0.0453. The maximum absolute atomic E-state index is 13.3. The van der Waals surface area contributed by atoms with E-state index in [-0.39, 0.29) is 12.0 Å². The van der Waals surface area contributed by atoms with E-state index in [0.717, 1.165) is 46.4 Å². The van der Waals surface area contributed by atoms with E-state index in [9.17, 15) is 4.79 Å². The molecule has 2 aromatic carbocycles. The Labute approximate surface area is 174 Å². The second kappa shape index (κ2) is 8.19. The van der Waals surface area contributed by atoms with E-state index in [4.69, 9.17) is 21.3 Å². The predicted octanol–water partition coefficient (Wildman–Crippen LogP) is 5.32. The van der Waals surface area contributed by atoms with Crippen LogP contribution in [0.3, 0.4) is 0 Å². The molecule has 146 valence electrons. The minimum Gasteiger partial charge on any atom is -0.376 e. The summed E-state index contributed by atoms with van der Waals surface area (Å²) < 4.78 is 6.80. The van der Waals surface area contributed by atoms with Crippen molar-refractivity contribution in [1.29, 1.82) is 0 Å². The fraction of sp³-hybridized carbons (Fsp3) is 0.364. The van der Waals surface area contributed by atoms with Gasteiger partial charge in [0, 0.05) is 11.6 Å². The highest BCUT2D eigenvalue weighted by Gasteiger charge is 2.26. The molecule has 6 heteroatoms. The molecule has 4 nitrogen and oxygen atoms in total. The van der Waals surface area contributed by atoms with E-state index < -0.39 is 0 Å². The molecule has 1 saturated heterocycles. The number of hydrogen-bond acceptors (Lipinski definition) is 4. The third-order valence-corrected chi connectivity index (χ3v) is 6.26. The number of fused-ring (bicyclic) bond motifs is 1. The van der Waals surface area contributed by atoms with Gasteiger partial charge < -0.3 is 4.74 Å². The van der Waals surface area contributed by atoms with Gasteiger partial charge >= 0.3 is 0 Å². The molecule has 2 heterocycles. The second-order valence-corrected chi connectivity index (χ2v) is 8.82. The molecule has 0 N–H and O–H groups in total. The molecule has 4 rings (SSSR count). The summed E-state index contributed by atoms with van der Waals surface area (Å²) >= 11 is 7.73. The molecular weight excluding hydrogens is 392 g/mol. The van der Waals surface area contributed by atoms with E-state index in [0.29, 0.717) is 23.1 Å². The molecule has 1 unspecified atom stereocenters. The van der Waals surface area contributed by atoms with Gasteiger partial charge in [-0.2, -0.15) is 0 Å². The van der Waals surface area contributed by atoms with Crippen molar-refractivity contribution >= 4 is 44.2 Å². The van der Waals surface area contributed by atoms with Gasteiger partial charge in [-0.3, -0.25) is 9.69 Å². The third-order valence-electron chi connectivity index (χ3n) is 5.02. The zero-order chi connectivity index (χ0) is 19.7. The summed E-state index contributed by atoms with van der Waals surface area (Å²) in [5.74, 6) is 0.0453. The quantitative estimate of drug-likeness (QED) is 0.567. The van der Waals surface area contributed by atoms with Gasteiger partial charge in [0.25, 0.3) is 0 Å². The first-order chi connectivity index (χ1) is 13.5. The van der Waals surface area contributed by atoms with Crippen LogP contribution in [0.4, 0.5) is 5.13 Å². The van der Waals surface area contributed by atoms with Crippen LogP contribution in [-0.4, -0.2) is 30.1 Å². The van der Waals surface area contributed by atoms with Gasteiger partial charge in [-0.1, -0.05) is 52.8 Å². The molecule has 1 aliphatic heterocycles. The maximum Gasteiger partial charge on any atom is 0.233 e. The maximum atomic E-state index is 13.3. The molecule has 0 spiro atoms. The largest absolute Gasteiger partial charge is 0.376 e. The molecule has 0 bridgehead atoms. The zero-order valence-corrected chi connectivity index (χ0v) is 17.6. The van der Waals surface area contributed by atoms with Crippen LogP contribution in [0.1, 0.15) is 29.5 Å². The standard InChI is InChI=1S/C22H23ClN2O2S/c1-14-5-3-6-16(9-14)11-20(26)25(13-18-7-4-8-27-18)22-24-21-15(2)10-17(23)12-19(21)28-22/h3,5-6,9-10,12,18H,4,7-8,11,13H2,1-2H3. The van der Waals surface area contributed by atoms with E-state index in [2.05, 4.69) is 6.07 Å². The number of nitrogens with zero attached hydrogens (tertiary/aromatic N) is 2. The van der Waals surface area contributed by atoms with Crippen LogP contribution in [0.5, 0.6) is 0 Å². The van der Waals surface area contributed by atoms with Gasteiger partial charge in [0.2, 0.25) is 5.91 Å². The zero-order valence-electron chi connectivity index (χ0n) is 16.1. The summed E-state index contributed by atoms with van der Waals surface area (Å²) in [6, 6.07) is 11.9. The van der Waals surface area contributed by atoms with Crippen LogP contribution in [0.25, 0.3) is 10.2 Å². The van der Waals surface area contributed by atoms with Crippen molar-refractivity contribution in [3.8, 4) is 0 Å². The lowest BCUT2D eigenvalue weighted by atomic mass is 10.1. The fourth-order valence-corrected chi connectivity index (χ4v) is 5.08. The SMILES string of the molecule is Cc1cccc(CC(=O)N(CC2CCCO2)c2nc3c(C)cc(Cl)cc3s2)c1. The van der Waals surface area contributed by atoms with Gasteiger partial charge in [-0.05, 0) is 49.9 Å². The lowest BCUT2D eigenvalue weighted by molar-refractivity contribution is -0.118. The average molecular weight is 415 g/mol. The van der Waals surface area contributed by atoms with Gasteiger partial charge in [-0.25, -0.2) is 4.98 Å². The Kier molecular flexibility index (Phi) is 5.67. The summed E-state index contributed by atoms with van der Waals surface area (Å²) in [5, 5.41) is 1.41. The summed E-state index contributed by atoms with van der Waals surface area (Å²) in [5.41, 5.74) is 4.10. The van der Waals surface area contributed by atoms with Crippen LogP contribution in [-0.2, 0) is 16.0 Å². The van der Waals surface area contributed by atoms with E-state index in [1.165, 1.54) is 11.3 Å². The van der Waals surface area contributed by atoms with Gasteiger partial charge in [-0.15, -0.1) is 0 Å². The van der Waals surface area contributed by atoms with Gasteiger partial charge in [0.15, 0.2) is 5.13 Å². The highest BCUT2D eigenvalue weighted by molar-refractivity contribution is 7.22. The van der Waals surface area contributed by atoms with Crippen LogP contribution in [0, 0.1) is 13.8 Å². The molecule has 28 heavy (non-hydrogen) atoms. The number of carbonyl (C=O) groups excluding carboxylic acids is 1.